The molecule has 1 amide bonds. The topological polar surface area (TPSA) is 40.5 Å². The van der Waals surface area contributed by atoms with Crippen molar-refractivity contribution in [2.45, 2.75) is 38.1 Å². The molecule has 0 aromatic rings. The van der Waals surface area contributed by atoms with Crippen molar-refractivity contribution in [3.8, 4) is 0 Å². The first-order chi connectivity index (χ1) is 5.75. The Labute approximate surface area is 89.5 Å². The highest BCUT2D eigenvalue weighted by Crippen LogP contribution is 2.22. The van der Waals surface area contributed by atoms with Gasteiger partial charge in [0, 0.05) is 6.04 Å². The highest BCUT2D eigenvalue weighted by atomic mass is 35.5. The minimum atomic E-state index is -0.892. The van der Waals surface area contributed by atoms with Crippen LogP contribution in [0.15, 0.2) is 0 Å². The average Bonchev–Trinajstić information content (AvgIpc) is 2.07. The van der Waals surface area contributed by atoms with Crippen molar-refractivity contribution < 1.29 is 9.90 Å². The van der Waals surface area contributed by atoms with E-state index in [-0.39, 0.29) is 24.5 Å². The maximum Gasteiger partial charge on any atom is 0.408 e. The molecule has 0 aromatic carbocycles. The normalized spacial score (nSPS) is 17.6. The SMILES string of the molecule is Cl.O=C(O)N(CCl)C1CCCCC1. The second-order valence-corrected chi connectivity index (χ2v) is 3.40. The largest absolute Gasteiger partial charge is 0.465 e. The molecule has 13 heavy (non-hydrogen) atoms. The molecule has 1 N–H and O–H groups in total. The number of rotatable bonds is 2. The van der Waals surface area contributed by atoms with Crippen LogP contribution in [0.1, 0.15) is 32.1 Å². The molecule has 5 heteroatoms. The zero-order chi connectivity index (χ0) is 8.97. The van der Waals surface area contributed by atoms with Gasteiger partial charge in [-0.1, -0.05) is 19.3 Å². The number of nitrogens with zero attached hydrogens (tertiary/aromatic N) is 1. The number of carbonyl (C=O) groups is 1. The Kier molecular flexibility index (Phi) is 6.25. The van der Waals surface area contributed by atoms with E-state index in [9.17, 15) is 4.79 Å². The van der Waals surface area contributed by atoms with Crippen LogP contribution in [0, 0.1) is 0 Å². The van der Waals surface area contributed by atoms with Crippen molar-refractivity contribution in [1.29, 1.82) is 0 Å². The molecule has 0 saturated heterocycles. The van der Waals surface area contributed by atoms with Gasteiger partial charge in [-0.3, -0.25) is 4.90 Å². The summed E-state index contributed by atoms with van der Waals surface area (Å²) in [6, 6.07) is 0.258. The van der Waals surface area contributed by atoms with E-state index in [1.807, 2.05) is 0 Å². The molecule has 1 aliphatic rings. The molecule has 0 atom stereocenters. The Morgan fingerprint density at radius 3 is 2.31 bits per heavy atom. The summed E-state index contributed by atoms with van der Waals surface area (Å²) in [5.41, 5.74) is 0. The Hall–Kier alpha value is -0.150. The van der Waals surface area contributed by atoms with Gasteiger partial charge in [0.2, 0.25) is 0 Å². The quantitative estimate of drug-likeness (QED) is 0.583. The van der Waals surface area contributed by atoms with Crippen molar-refractivity contribution in [1.82, 2.24) is 4.90 Å². The predicted molar refractivity (Wildman–Crippen MR) is 54.7 cm³/mol. The minimum absolute atomic E-state index is 0. The van der Waals surface area contributed by atoms with Crippen LogP contribution < -0.4 is 0 Å². The predicted octanol–water partition coefficient (Wildman–Crippen LogP) is 2.92. The van der Waals surface area contributed by atoms with Crippen LogP contribution in [0.2, 0.25) is 0 Å². The van der Waals surface area contributed by atoms with Crippen molar-refractivity contribution in [2.24, 2.45) is 0 Å². The van der Waals surface area contributed by atoms with Crippen LogP contribution >= 0.6 is 24.0 Å². The number of alkyl halides is 1. The second kappa shape index (κ2) is 6.33. The fourth-order valence-corrected chi connectivity index (χ4v) is 2.00. The third-order valence-corrected chi connectivity index (χ3v) is 2.65. The molecule has 0 spiro atoms. The fraction of sp³-hybridized carbons (Fsp3) is 0.875. The molecule has 1 rings (SSSR count). The van der Waals surface area contributed by atoms with E-state index in [2.05, 4.69) is 0 Å². The van der Waals surface area contributed by atoms with Crippen LogP contribution in [0.5, 0.6) is 0 Å². The first-order valence-electron chi connectivity index (χ1n) is 4.31. The molecule has 3 nitrogen and oxygen atoms in total. The van der Waals surface area contributed by atoms with E-state index >= 15 is 0 Å². The van der Waals surface area contributed by atoms with Gasteiger partial charge in [0.25, 0.3) is 0 Å². The molecule has 0 unspecified atom stereocenters. The number of carboxylic acid groups (broad SMARTS) is 1. The zero-order valence-electron chi connectivity index (χ0n) is 7.41. The molecule has 0 heterocycles. The van der Waals surface area contributed by atoms with E-state index in [1.54, 1.807) is 0 Å². The minimum Gasteiger partial charge on any atom is -0.465 e. The number of amides is 1. The molecule has 0 aromatic heterocycles. The van der Waals surface area contributed by atoms with Crippen LogP contribution in [0.25, 0.3) is 0 Å². The lowest BCUT2D eigenvalue weighted by Crippen LogP contribution is -2.39. The summed E-state index contributed by atoms with van der Waals surface area (Å²) in [5, 5.41) is 8.77. The Morgan fingerprint density at radius 1 is 1.38 bits per heavy atom. The Bertz CT molecular complexity index is 160. The smallest absolute Gasteiger partial charge is 0.408 e. The maximum atomic E-state index is 10.7. The van der Waals surface area contributed by atoms with Gasteiger partial charge in [-0.15, -0.1) is 24.0 Å². The summed E-state index contributed by atoms with van der Waals surface area (Å²) in [7, 11) is 0. The van der Waals surface area contributed by atoms with E-state index in [1.165, 1.54) is 11.3 Å². The van der Waals surface area contributed by atoms with Crippen molar-refractivity contribution in [3.05, 3.63) is 0 Å². The van der Waals surface area contributed by atoms with Gasteiger partial charge in [0.15, 0.2) is 0 Å². The molecule has 0 radical (unpaired) electrons. The number of hydrogen-bond donors (Lipinski definition) is 1. The summed E-state index contributed by atoms with van der Waals surface area (Å²) in [6.07, 6.45) is 4.54. The first kappa shape index (κ1) is 12.8. The third-order valence-electron chi connectivity index (χ3n) is 2.39. The molecule has 0 aliphatic heterocycles. The number of halogens is 2. The zero-order valence-corrected chi connectivity index (χ0v) is 8.98. The highest BCUT2D eigenvalue weighted by Gasteiger charge is 2.23. The molecule has 0 bridgehead atoms. The van der Waals surface area contributed by atoms with E-state index in [0.717, 1.165) is 25.7 Å². The molecule has 78 valence electrons. The third kappa shape index (κ3) is 3.61. The lowest BCUT2D eigenvalue weighted by molar-refractivity contribution is 0.122. The Morgan fingerprint density at radius 2 is 1.92 bits per heavy atom. The van der Waals surface area contributed by atoms with Crippen LogP contribution in [-0.4, -0.2) is 28.1 Å². The van der Waals surface area contributed by atoms with Crippen molar-refractivity contribution in [2.75, 3.05) is 6.00 Å². The average molecular weight is 228 g/mol. The van der Waals surface area contributed by atoms with E-state index < -0.39 is 6.09 Å². The van der Waals surface area contributed by atoms with Gasteiger partial charge < -0.3 is 5.11 Å². The molecular weight excluding hydrogens is 213 g/mol. The van der Waals surface area contributed by atoms with Crippen LogP contribution in [0.4, 0.5) is 4.79 Å². The molecule has 1 fully saturated rings. The summed E-state index contributed by atoms with van der Waals surface area (Å²) in [5.74, 6) is 0. The standard InChI is InChI=1S/C8H14ClNO2.ClH/c9-6-10(8(11)12)7-4-2-1-3-5-7;/h7H,1-6H2,(H,11,12);1H. The van der Waals surface area contributed by atoms with Gasteiger partial charge >= 0.3 is 6.09 Å². The maximum absolute atomic E-state index is 10.7. The molecule has 1 aliphatic carbocycles. The van der Waals surface area contributed by atoms with Crippen LogP contribution in [0.3, 0.4) is 0 Å². The highest BCUT2D eigenvalue weighted by molar-refractivity contribution is 6.18. The van der Waals surface area contributed by atoms with Gasteiger partial charge in [-0.2, -0.15) is 0 Å². The van der Waals surface area contributed by atoms with Crippen LogP contribution in [-0.2, 0) is 0 Å². The summed E-state index contributed by atoms with van der Waals surface area (Å²) in [6.45, 7) is 0. The lowest BCUT2D eigenvalue weighted by atomic mass is 9.95. The summed E-state index contributed by atoms with van der Waals surface area (Å²) in [4.78, 5) is 12.0. The van der Waals surface area contributed by atoms with Crippen molar-refractivity contribution >= 4 is 30.1 Å². The molecule has 1 saturated carbocycles. The fourth-order valence-electron chi connectivity index (χ4n) is 1.70. The number of hydrogen-bond acceptors (Lipinski definition) is 1. The van der Waals surface area contributed by atoms with Gasteiger partial charge in [0.05, 0.1) is 6.00 Å². The van der Waals surface area contributed by atoms with E-state index in [0.29, 0.717) is 0 Å². The van der Waals surface area contributed by atoms with Gasteiger partial charge in [-0.05, 0) is 12.8 Å². The van der Waals surface area contributed by atoms with E-state index in [4.69, 9.17) is 16.7 Å². The first-order valence-corrected chi connectivity index (χ1v) is 4.84. The summed E-state index contributed by atoms with van der Waals surface area (Å²) < 4.78 is 0. The second-order valence-electron chi connectivity index (χ2n) is 3.16. The molecular formula is C8H15Cl2NO2. The van der Waals surface area contributed by atoms with Gasteiger partial charge in [-0.25, -0.2) is 4.79 Å². The monoisotopic (exact) mass is 227 g/mol. The summed E-state index contributed by atoms with van der Waals surface area (Å²) >= 11 is 5.54. The Balaban J connectivity index is 0.00000144. The van der Waals surface area contributed by atoms with Crippen molar-refractivity contribution in [3.63, 3.8) is 0 Å². The van der Waals surface area contributed by atoms with Gasteiger partial charge in [0.1, 0.15) is 0 Å². The lowest BCUT2D eigenvalue weighted by Gasteiger charge is -2.30.